The predicted octanol–water partition coefficient (Wildman–Crippen LogP) is 2.21. The fourth-order valence-electron chi connectivity index (χ4n) is 3.29. The van der Waals surface area contributed by atoms with Crippen LogP contribution in [0.2, 0.25) is 0 Å². The number of amides is 1. The first kappa shape index (κ1) is 22.6. The second-order valence-corrected chi connectivity index (χ2v) is 6.49. The van der Waals surface area contributed by atoms with Gasteiger partial charge in [-0.15, -0.1) is 24.0 Å². The van der Waals surface area contributed by atoms with Crippen molar-refractivity contribution in [2.45, 2.75) is 38.8 Å². The van der Waals surface area contributed by atoms with Crippen molar-refractivity contribution in [1.29, 1.82) is 0 Å². The highest BCUT2D eigenvalue weighted by atomic mass is 127. The molecule has 0 bridgehead atoms. The summed E-state index contributed by atoms with van der Waals surface area (Å²) < 4.78 is 26.5. The summed E-state index contributed by atoms with van der Waals surface area (Å²) in [5, 5.41) is 6.14. The van der Waals surface area contributed by atoms with Gasteiger partial charge >= 0.3 is 6.55 Å². The summed E-state index contributed by atoms with van der Waals surface area (Å²) in [5.41, 5.74) is -0.428. The zero-order chi connectivity index (χ0) is 18.4. The van der Waals surface area contributed by atoms with E-state index in [1.165, 1.54) is 12.4 Å². The van der Waals surface area contributed by atoms with Crippen molar-refractivity contribution in [2.24, 2.45) is 10.4 Å². The predicted molar refractivity (Wildman–Crippen MR) is 107 cm³/mol. The van der Waals surface area contributed by atoms with Gasteiger partial charge in [0.15, 0.2) is 5.96 Å². The number of carbonyl (C=O) groups is 1. The van der Waals surface area contributed by atoms with Gasteiger partial charge in [0, 0.05) is 40.1 Å². The maximum Gasteiger partial charge on any atom is 0.319 e. The van der Waals surface area contributed by atoms with Crippen LogP contribution in [-0.2, 0) is 11.3 Å². The molecule has 0 aliphatic heterocycles. The number of hydrogen-bond donors (Lipinski definition) is 2. The number of carbonyl (C=O) groups excluding carboxylic acids is 1. The number of halogens is 3. The monoisotopic (exact) mass is 484 g/mol. The SMILES string of the molecule is CN=C(NCc1nccn1C(F)F)NCC1(C(=O)N(C)C)CCCC1.I. The number of aromatic nitrogens is 2. The fraction of sp³-hybridized carbons (Fsp3) is 0.688. The molecule has 0 spiro atoms. The van der Waals surface area contributed by atoms with Gasteiger partial charge in [-0.2, -0.15) is 8.78 Å². The van der Waals surface area contributed by atoms with Gasteiger partial charge in [-0.25, -0.2) is 4.98 Å². The summed E-state index contributed by atoms with van der Waals surface area (Å²) in [5.74, 6) is 0.792. The maximum absolute atomic E-state index is 12.8. The average molecular weight is 484 g/mol. The lowest BCUT2D eigenvalue weighted by molar-refractivity contribution is -0.138. The van der Waals surface area contributed by atoms with Crippen molar-refractivity contribution in [1.82, 2.24) is 25.1 Å². The van der Waals surface area contributed by atoms with Crippen LogP contribution >= 0.6 is 24.0 Å². The topological polar surface area (TPSA) is 74.5 Å². The van der Waals surface area contributed by atoms with Gasteiger partial charge in [-0.05, 0) is 12.8 Å². The third-order valence-corrected chi connectivity index (χ3v) is 4.61. The van der Waals surface area contributed by atoms with E-state index in [4.69, 9.17) is 0 Å². The van der Waals surface area contributed by atoms with E-state index in [-0.39, 0.29) is 42.3 Å². The second kappa shape index (κ2) is 10.0. The molecule has 2 rings (SSSR count). The van der Waals surface area contributed by atoms with Crippen molar-refractivity contribution >= 4 is 35.8 Å². The third-order valence-electron chi connectivity index (χ3n) is 4.61. The molecule has 0 unspecified atom stereocenters. The molecule has 0 saturated heterocycles. The van der Waals surface area contributed by atoms with Crippen LogP contribution in [0.5, 0.6) is 0 Å². The number of nitrogens with zero attached hydrogens (tertiary/aromatic N) is 4. The molecule has 1 amide bonds. The first-order chi connectivity index (χ1) is 11.9. The van der Waals surface area contributed by atoms with E-state index in [0.29, 0.717) is 12.5 Å². The summed E-state index contributed by atoms with van der Waals surface area (Å²) in [6.45, 7) is -2.05. The molecule has 1 aliphatic rings. The number of nitrogens with one attached hydrogen (secondary N) is 2. The number of guanidine groups is 1. The molecule has 1 fully saturated rings. The summed E-state index contributed by atoms with van der Waals surface area (Å²) in [6, 6.07) is 0. The minimum atomic E-state index is -2.63. The highest BCUT2D eigenvalue weighted by molar-refractivity contribution is 14.0. The average Bonchev–Trinajstić information content (AvgIpc) is 3.24. The molecule has 10 heteroatoms. The zero-order valence-electron chi connectivity index (χ0n) is 15.3. The van der Waals surface area contributed by atoms with Gasteiger partial charge in [0.1, 0.15) is 5.82 Å². The van der Waals surface area contributed by atoms with Crippen LogP contribution in [0, 0.1) is 5.41 Å². The van der Waals surface area contributed by atoms with Gasteiger partial charge in [0.05, 0.1) is 12.0 Å². The van der Waals surface area contributed by atoms with Crippen LogP contribution in [0.1, 0.15) is 38.1 Å². The normalized spacial score (nSPS) is 16.3. The van der Waals surface area contributed by atoms with E-state index in [1.54, 1.807) is 26.0 Å². The molecule has 0 atom stereocenters. The number of imidazole rings is 1. The summed E-state index contributed by atoms with van der Waals surface area (Å²) >= 11 is 0. The van der Waals surface area contributed by atoms with Gasteiger partial charge < -0.3 is 15.5 Å². The summed E-state index contributed by atoms with van der Waals surface area (Å²) in [4.78, 5) is 22.2. The van der Waals surface area contributed by atoms with Crippen molar-refractivity contribution in [2.75, 3.05) is 27.7 Å². The highest BCUT2D eigenvalue weighted by Gasteiger charge is 2.42. The van der Waals surface area contributed by atoms with E-state index in [0.717, 1.165) is 30.3 Å². The molecule has 7 nitrogen and oxygen atoms in total. The Hall–Kier alpha value is -1.46. The Bertz CT molecular complexity index is 614. The van der Waals surface area contributed by atoms with Crippen molar-refractivity contribution in [3.8, 4) is 0 Å². The van der Waals surface area contributed by atoms with E-state index < -0.39 is 12.0 Å². The first-order valence-corrected chi connectivity index (χ1v) is 8.36. The van der Waals surface area contributed by atoms with E-state index in [2.05, 4.69) is 20.6 Å². The molecule has 0 radical (unpaired) electrons. The number of aliphatic imine (C=N–C) groups is 1. The molecule has 1 heterocycles. The summed E-state index contributed by atoms with van der Waals surface area (Å²) in [6.07, 6.45) is 6.30. The first-order valence-electron chi connectivity index (χ1n) is 8.36. The molecule has 1 saturated carbocycles. The van der Waals surface area contributed by atoms with Crippen LogP contribution in [0.25, 0.3) is 0 Å². The minimum Gasteiger partial charge on any atom is -0.355 e. The quantitative estimate of drug-likeness (QED) is 0.369. The standard InChI is InChI=1S/C16H26F2N6O.HI/c1-19-15(21-10-12-20-8-9-24(12)14(17)18)22-11-16(6-4-5-7-16)13(25)23(2)3;/h8-9,14H,4-7,10-11H2,1-3H3,(H2,19,21,22);1H. The number of hydrogen-bond acceptors (Lipinski definition) is 3. The van der Waals surface area contributed by atoms with Crippen LogP contribution in [-0.4, -0.2) is 54.0 Å². The van der Waals surface area contributed by atoms with Gasteiger partial charge in [-0.3, -0.25) is 14.4 Å². The molecule has 1 aromatic rings. The molecule has 1 aliphatic carbocycles. The smallest absolute Gasteiger partial charge is 0.319 e. The van der Waals surface area contributed by atoms with Crippen molar-refractivity contribution in [3.05, 3.63) is 18.2 Å². The third kappa shape index (κ3) is 5.27. The second-order valence-electron chi connectivity index (χ2n) is 6.49. The maximum atomic E-state index is 12.8. The Morgan fingerprint density at radius 2 is 2.04 bits per heavy atom. The van der Waals surface area contributed by atoms with Crippen LogP contribution in [0.3, 0.4) is 0 Å². The lowest BCUT2D eigenvalue weighted by atomic mass is 9.84. The number of rotatable bonds is 6. The van der Waals surface area contributed by atoms with Crippen molar-refractivity contribution in [3.63, 3.8) is 0 Å². The zero-order valence-corrected chi connectivity index (χ0v) is 17.7. The van der Waals surface area contributed by atoms with E-state index >= 15 is 0 Å². The van der Waals surface area contributed by atoms with Gasteiger partial charge in [0.25, 0.3) is 0 Å². The largest absolute Gasteiger partial charge is 0.355 e. The van der Waals surface area contributed by atoms with E-state index in [9.17, 15) is 13.6 Å². The molecule has 0 aromatic carbocycles. The minimum absolute atomic E-state index is 0. The Labute approximate surface area is 169 Å². The van der Waals surface area contributed by atoms with Crippen LogP contribution in [0.15, 0.2) is 17.4 Å². The molecule has 26 heavy (non-hydrogen) atoms. The lowest BCUT2D eigenvalue weighted by Gasteiger charge is -2.31. The van der Waals surface area contributed by atoms with Crippen molar-refractivity contribution < 1.29 is 13.6 Å². The molecule has 148 valence electrons. The van der Waals surface area contributed by atoms with Crippen LogP contribution in [0.4, 0.5) is 8.78 Å². The molecular formula is C16H27F2IN6O. The number of alkyl halides is 2. The van der Waals surface area contributed by atoms with Gasteiger partial charge in [0.2, 0.25) is 5.91 Å². The fourth-order valence-corrected chi connectivity index (χ4v) is 3.29. The molecule has 2 N–H and O–H groups in total. The molecular weight excluding hydrogens is 457 g/mol. The highest BCUT2D eigenvalue weighted by Crippen LogP contribution is 2.38. The molecule has 1 aromatic heterocycles. The van der Waals surface area contributed by atoms with Gasteiger partial charge in [-0.1, -0.05) is 12.8 Å². The Morgan fingerprint density at radius 1 is 1.38 bits per heavy atom. The summed E-state index contributed by atoms with van der Waals surface area (Å²) in [7, 11) is 5.13. The van der Waals surface area contributed by atoms with Crippen LogP contribution < -0.4 is 10.6 Å². The Morgan fingerprint density at radius 3 is 2.58 bits per heavy atom. The Kier molecular flexibility index (Phi) is 8.71. The van der Waals surface area contributed by atoms with E-state index in [1.807, 2.05) is 0 Å². The lowest BCUT2D eigenvalue weighted by Crippen LogP contribution is -2.49. The Balaban J connectivity index is 0.00000338.